The van der Waals surface area contributed by atoms with E-state index in [1.165, 1.54) is 15.5 Å². The first-order valence-electron chi connectivity index (χ1n) is 8.76. The number of aromatic nitrogens is 1. The van der Waals surface area contributed by atoms with Crippen LogP contribution in [0.15, 0.2) is 47.4 Å². The molecule has 2 aromatic rings. The zero-order chi connectivity index (χ0) is 18.7. The highest BCUT2D eigenvalue weighted by Crippen LogP contribution is 2.19. The van der Waals surface area contributed by atoms with E-state index < -0.39 is 23.5 Å². The van der Waals surface area contributed by atoms with Gasteiger partial charge in [-0.1, -0.05) is 29.8 Å². The van der Waals surface area contributed by atoms with E-state index in [0.717, 1.165) is 24.0 Å². The van der Waals surface area contributed by atoms with Gasteiger partial charge in [-0.3, -0.25) is 9.59 Å². The molecule has 0 radical (unpaired) electrons. The molecular formula is C20H22N2O4. The largest absolute Gasteiger partial charge is 0.480 e. The molecule has 0 spiro atoms. The molecule has 6 heteroatoms. The molecule has 1 saturated heterocycles. The van der Waals surface area contributed by atoms with Crippen LogP contribution in [-0.2, 0) is 11.3 Å². The Bertz CT molecular complexity index is 887. The summed E-state index contributed by atoms with van der Waals surface area (Å²) in [6, 6.07) is 10.1. The van der Waals surface area contributed by atoms with Gasteiger partial charge in [0.15, 0.2) is 0 Å². The molecule has 2 heterocycles. The first-order chi connectivity index (χ1) is 12.5. The topological polar surface area (TPSA) is 79.6 Å². The van der Waals surface area contributed by atoms with Crippen LogP contribution in [0.25, 0.3) is 0 Å². The summed E-state index contributed by atoms with van der Waals surface area (Å²) >= 11 is 0. The summed E-state index contributed by atoms with van der Waals surface area (Å²) in [5, 5.41) is 9.37. The van der Waals surface area contributed by atoms with Gasteiger partial charge in [0.25, 0.3) is 11.5 Å². The van der Waals surface area contributed by atoms with Crippen LogP contribution in [0.2, 0.25) is 0 Å². The van der Waals surface area contributed by atoms with E-state index in [4.69, 9.17) is 0 Å². The molecule has 136 valence electrons. The van der Waals surface area contributed by atoms with Gasteiger partial charge in [0.2, 0.25) is 0 Å². The number of carboxylic acid groups (broad SMARTS) is 1. The molecule has 6 nitrogen and oxygen atoms in total. The summed E-state index contributed by atoms with van der Waals surface area (Å²) in [6.45, 7) is 2.71. The molecule has 1 aliphatic rings. The molecule has 1 atom stereocenters. The number of carbonyl (C=O) groups is 2. The van der Waals surface area contributed by atoms with Gasteiger partial charge < -0.3 is 14.6 Å². The Hall–Kier alpha value is -2.89. The lowest BCUT2D eigenvalue weighted by atomic mass is 10.0. The quantitative estimate of drug-likeness (QED) is 0.913. The first kappa shape index (κ1) is 17.9. The van der Waals surface area contributed by atoms with Crippen LogP contribution >= 0.6 is 0 Å². The predicted molar refractivity (Wildman–Crippen MR) is 97.3 cm³/mol. The van der Waals surface area contributed by atoms with Crippen LogP contribution in [-0.4, -0.2) is 39.0 Å². The monoisotopic (exact) mass is 354 g/mol. The Balaban J connectivity index is 1.90. The predicted octanol–water partition coefficient (Wildman–Crippen LogP) is 2.28. The van der Waals surface area contributed by atoms with Gasteiger partial charge in [-0.2, -0.15) is 0 Å². The van der Waals surface area contributed by atoms with Crippen molar-refractivity contribution in [1.82, 2.24) is 9.47 Å². The molecule has 0 bridgehead atoms. The van der Waals surface area contributed by atoms with E-state index in [1.54, 1.807) is 12.3 Å². The fourth-order valence-corrected chi connectivity index (χ4v) is 3.42. The standard InChI is InChI=1S/C20H22N2O4/c1-14-6-4-7-15(12-14)13-21-10-5-8-16(18(21)23)19(24)22-11-3-2-9-17(22)20(25)26/h4-8,10,12,17H,2-3,9,11,13H2,1H3,(H,25,26). The van der Waals surface area contributed by atoms with Gasteiger partial charge in [0.05, 0.1) is 6.54 Å². The van der Waals surface area contributed by atoms with Crippen LogP contribution in [0.4, 0.5) is 0 Å². The van der Waals surface area contributed by atoms with E-state index in [2.05, 4.69) is 0 Å². The Morgan fingerprint density at radius 2 is 2.00 bits per heavy atom. The maximum atomic E-state index is 12.8. The van der Waals surface area contributed by atoms with E-state index in [9.17, 15) is 19.5 Å². The van der Waals surface area contributed by atoms with Crippen LogP contribution in [0.1, 0.15) is 40.7 Å². The molecule has 1 aromatic carbocycles. The number of aliphatic carboxylic acids is 1. The van der Waals surface area contributed by atoms with E-state index in [-0.39, 0.29) is 5.56 Å². The first-order valence-corrected chi connectivity index (χ1v) is 8.76. The fourth-order valence-electron chi connectivity index (χ4n) is 3.42. The third-order valence-corrected chi connectivity index (χ3v) is 4.73. The number of nitrogens with zero attached hydrogens (tertiary/aromatic N) is 2. The van der Waals surface area contributed by atoms with Crippen molar-refractivity contribution >= 4 is 11.9 Å². The highest BCUT2D eigenvalue weighted by molar-refractivity contribution is 5.96. The van der Waals surface area contributed by atoms with Crippen LogP contribution < -0.4 is 5.56 Å². The maximum Gasteiger partial charge on any atom is 0.326 e. The summed E-state index contributed by atoms with van der Waals surface area (Å²) < 4.78 is 1.49. The lowest BCUT2D eigenvalue weighted by Crippen LogP contribution is -2.49. The summed E-state index contributed by atoms with van der Waals surface area (Å²) in [5.41, 5.74) is 1.69. The SMILES string of the molecule is Cc1cccc(Cn2cccc(C(=O)N3CCCCC3C(=O)O)c2=O)c1. The molecule has 26 heavy (non-hydrogen) atoms. The lowest BCUT2D eigenvalue weighted by molar-refractivity contribution is -0.143. The minimum Gasteiger partial charge on any atom is -0.480 e. The summed E-state index contributed by atoms with van der Waals surface area (Å²) in [6.07, 6.45) is 3.59. The smallest absolute Gasteiger partial charge is 0.326 e. The van der Waals surface area contributed by atoms with Crippen LogP contribution in [0, 0.1) is 6.92 Å². The highest BCUT2D eigenvalue weighted by Gasteiger charge is 2.33. The molecule has 0 saturated carbocycles. The Morgan fingerprint density at radius 1 is 1.19 bits per heavy atom. The Kier molecular flexibility index (Phi) is 5.21. The third kappa shape index (κ3) is 3.69. The van der Waals surface area contributed by atoms with Gasteiger partial charge in [0.1, 0.15) is 11.6 Å². The average Bonchev–Trinajstić information content (AvgIpc) is 2.63. The highest BCUT2D eigenvalue weighted by atomic mass is 16.4. The fraction of sp³-hybridized carbons (Fsp3) is 0.350. The van der Waals surface area contributed by atoms with E-state index in [0.29, 0.717) is 19.5 Å². The van der Waals surface area contributed by atoms with E-state index in [1.807, 2.05) is 31.2 Å². The summed E-state index contributed by atoms with van der Waals surface area (Å²) in [4.78, 5) is 38.4. The molecular weight excluding hydrogens is 332 g/mol. The number of amides is 1. The minimum atomic E-state index is -1.02. The summed E-state index contributed by atoms with van der Waals surface area (Å²) in [7, 11) is 0. The van der Waals surface area contributed by atoms with Crippen molar-refractivity contribution in [3.05, 3.63) is 69.6 Å². The molecule has 1 aromatic heterocycles. The maximum absolute atomic E-state index is 12.8. The van der Waals surface area contributed by atoms with Crippen molar-refractivity contribution in [1.29, 1.82) is 0 Å². The van der Waals surface area contributed by atoms with Gasteiger partial charge in [0, 0.05) is 12.7 Å². The average molecular weight is 354 g/mol. The van der Waals surface area contributed by atoms with Gasteiger partial charge in [-0.05, 0) is 43.9 Å². The van der Waals surface area contributed by atoms with Crippen molar-refractivity contribution in [3.63, 3.8) is 0 Å². The Labute approximate surface area is 151 Å². The molecule has 3 rings (SSSR count). The number of hydrogen-bond acceptors (Lipinski definition) is 3. The van der Waals surface area contributed by atoms with Crippen molar-refractivity contribution < 1.29 is 14.7 Å². The molecule has 1 aliphatic heterocycles. The van der Waals surface area contributed by atoms with Crippen LogP contribution in [0.3, 0.4) is 0 Å². The molecule has 1 fully saturated rings. The van der Waals surface area contributed by atoms with Gasteiger partial charge in [-0.15, -0.1) is 0 Å². The van der Waals surface area contributed by atoms with Crippen molar-refractivity contribution in [3.8, 4) is 0 Å². The van der Waals surface area contributed by atoms with E-state index >= 15 is 0 Å². The second kappa shape index (κ2) is 7.56. The second-order valence-electron chi connectivity index (χ2n) is 6.69. The molecule has 1 unspecified atom stereocenters. The van der Waals surface area contributed by atoms with Crippen molar-refractivity contribution in [2.45, 2.75) is 38.8 Å². The van der Waals surface area contributed by atoms with Crippen molar-refractivity contribution in [2.24, 2.45) is 0 Å². The van der Waals surface area contributed by atoms with Crippen LogP contribution in [0.5, 0.6) is 0 Å². The molecule has 0 aliphatic carbocycles. The van der Waals surface area contributed by atoms with Crippen molar-refractivity contribution in [2.75, 3.05) is 6.54 Å². The Morgan fingerprint density at radius 3 is 2.73 bits per heavy atom. The number of piperidine rings is 1. The summed E-state index contributed by atoms with van der Waals surface area (Å²) in [5.74, 6) is -1.52. The molecule has 1 N–H and O–H groups in total. The number of hydrogen-bond donors (Lipinski definition) is 1. The number of rotatable bonds is 4. The second-order valence-corrected chi connectivity index (χ2v) is 6.69. The normalized spacial score (nSPS) is 17.1. The number of carboxylic acids is 1. The number of carbonyl (C=O) groups excluding carboxylic acids is 1. The minimum absolute atomic E-state index is 0.0216. The van der Waals surface area contributed by atoms with Gasteiger partial charge >= 0.3 is 5.97 Å². The lowest BCUT2D eigenvalue weighted by Gasteiger charge is -2.32. The number of aryl methyl sites for hydroxylation is 1. The third-order valence-electron chi connectivity index (χ3n) is 4.73. The number of likely N-dealkylation sites (tertiary alicyclic amines) is 1. The zero-order valence-corrected chi connectivity index (χ0v) is 14.7. The number of pyridine rings is 1. The van der Waals surface area contributed by atoms with Gasteiger partial charge in [-0.25, -0.2) is 4.79 Å². The zero-order valence-electron chi connectivity index (χ0n) is 14.7. The molecule has 1 amide bonds. The number of benzene rings is 1.